The number of hydrogen-bond acceptors (Lipinski definition) is 3. The molecule has 0 saturated carbocycles. The molecule has 2 aromatic carbocycles. The van der Waals surface area contributed by atoms with E-state index in [2.05, 4.69) is 73.4 Å². The molecule has 0 spiro atoms. The molecule has 154 valence electrons. The molecule has 0 aliphatic rings. The van der Waals surface area contributed by atoms with Crippen molar-refractivity contribution in [2.45, 2.75) is 40.0 Å². The number of amides is 1. The van der Waals surface area contributed by atoms with Gasteiger partial charge >= 0.3 is 0 Å². The zero-order valence-electron chi connectivity index (χ0n) is 18.2. The molecular weight excluding hydrogens is 372 g/mol. The fourth-order valence-electron chi connectivity index (χ4n) is 3.11. The van der Waals surface area contributed by atoms with E-state index in [9.17, 15) is 4.79 Å². The van der Waals surface area contributed by atoms with Crippen molar-refractivity contribution in [1.82, 2.24) is 14.6 Å². The van der Waals surface area contributed by atoms with Crippen LogP contribution in [0.15, 0.2) is 66.9 Å². The molecule has 0 bridgehead atoms. The molecule has 5 nitrogen and oxygen atoms in total. The molecule has 4 aromatic rings. The Kier molecular flexibility index (Phi) is 6.31. The Morgan fingerprint density at radius 3 is 2.30 bits per heavy atom. The molecule has 0 fully saturated rings. The number of fused-ring (bicyclic) bond motifs is 1. The third-order valence-electron chi connectivity index (χ3n) is 4.80. The number of benzene rings is 2. The second kappa shape index (κ2) is 8.91. The van der Waals surface area contributed by atoms with E-state index in [4.69, 9.17) is 0 Å². The summed E-state index contributed by atoms with van der Waals surface area (Å²) in [6.07, 6.45) is 2.31. The van der Waals surface area contributed by atoms with E-state index in [1.807, 2.05) is 31.2 Å². The van der Waals surface area contributed by atoms with Crippen molar-refractivity contribution in [3.63, 3.8) is 0 Å². The summed E-state index contributed by atoms with van der Waals surface area (Å²) >= 11 is 0. The first kappa shape index (κ1) is 21.2. The zero-order chi connectivity index (χ0) is 21.7. The van der Waals surface area contributed by atoms with Gasteiger partial charge in [-0.1, -0.05) is 74.4 Å². The van der Waals surface area contributed by atoms with Crippen molar-refractivity contribution >= 4 is 17.9 Å². The number of carbonyl (C=O) groups is 1. The molecule has 0 atom stereocenters. The van der Waals surface area contributed by atoms with Crippen molar-refractivity contribution in [2.24, 2.45) is 0 Å². The summed E-state index contributed by atoms with van der Waals surface area (Å²) in [4.78, 5) is 14.9. The molecule has 30 heavy (non-hydrogen) atoms. The van der Waals surface area contributed by atoms with E-state index in [1.165, 1.54) is 16.7 Å². The maximum absolute atomic E-state index is 10.6. The van der Waals surface area contributed by atoms with Crippen LogP contribution in [-0.2, 0) is 10.2 Å². The average Bonchev–Trinajstić information content (AvgIpc) is 3.16. The Morgan fingerprint density at radius 1 is 0.933 bits per heavy atom. The van der Waals surface area contributed by atoms with Gasteiger partial charge in [0.25, 0.3) is 0 Å². The number of aromatic nitrogens is 3. The number of hydrogen-bond donors (Lipinski definition) is 1. The van der Waals surface area contributed by atoms with Gasteiger partial charge in [-0.05, 0) is 30.9 Å². The van der Waals surface area contributed by atoms with Gasteiger partial charge in [-0.2, -0.15) is 5.10 Å². The lowest BCUT2D eigenvalue weighted by Gasteiger charge is -2.18. The minimum atomic E-state index is 0.285. The Morgan fingerprint density at radius 2 is 1.67 bits per heavy atom. The lowest BCUT2D eigenvalue weighted by molar-refractivity contribution is -0.105. The van der Waals surface area contributed by atoms with Crippen LogP contribution in [0.1, 0.15) is 37.5 Å². The summed E-state index contributed by atoms with van der Waals surface area (Å²) in [5, 5.41) is 6.85. The summed E-state index contributed by atoms with van der Waals surface area (Å²) in [5.74, 6) is 0.513. The van der Waals surface area contributed by atoms with Gasteiger partial charge in [-0.3, -0.25) is 4.79 Å². The van der Waals surface area contributed by atoms with Gasteiger partial charge in [0.05, 0.1) is 11.9 Å². The lowest BCUT2D eigenvalue weighted by Crippen LogP contribution is -2.10. The van der Waals surface area contributed by atoms with Crippen LogP contribution in [0.4, 0.5) is 5.82 Å². The second-order valence-corrected chi connectivity index (χ2v) is 8.38. The Hall–Kier alpha value is -3.47. The van der Waals surface area contributed by atoms with Crippen molar-refractivity contribution in [2.75, 3.05) is 5.32 Å². The Balaban J connectivity index is 0.000000199. The molecule has 0 aliphatic carbocycles. The van der Waals surface area contributed by atoms with E-state index in [-0.39, 0.29) is 5.41 Å². The summed E-state index contributed by atoms with van der Waals surface area (Å²) < 4.78 is 1.75. The normalized spacial score (nSPS) is 11.0. The minimum absolute atomic E-state index is 0.285. The molecule has 0 aliphatic heterocycles. The number of carbonyl (C=O) groups excluding carboxylic acids is 1. The number of nitrogens with one attached hydrogen (secondary N) is 1. The van der Waals surface area contributed by atoms with Gasteiger partial charge < -0.3 is 5.32 Å². The predicted octanol–water partition coefficient (Wildman–Crippen LogP) is 5.57. The number of anilines is 1. The minimum Gasteiger partial charge on any atom is -0.313 e. The third kappa shape index (κ3) is 5.11. The third-order valence-corrected chi connectivity index (χ3v) is 4.80. The first-order chi connectivity index (χ1) is 14.3. The van der Waals surface area contributed by atoms with Crippen molar-refractivity contribution in [1.29, 1.82) is 0 Å². The Labute approximate surface area is 177 Å². The van der Waals surface area contributed by atoms with Crippen molar-refractivity contribution < 1.29 is 4.79 Å². The maximum Gasteiger partial charge on any atom is 0.212 e. The summed E-state index contributed by atoms with van der Waals surface area (Å²) in [7, 11) is 0. The van der Waals surface area contributed by atoms with Gasteiger partial charge in [-0.15, -0.1) is 0 Å². The fourth-order valence-corrected chi connectivity index (χ4v) is 3.11. The number of aryl methyl sites for hydroxylation is 2. The molecule has 5 heteroatoms. The van der Waals surface area contributed by atoms with E-state index < -0.39 is 0 Å². The van der Waals surface area contributed by atoms with Crippen LogP contribution in [0, 0.1) is 13.8 Å². The molecule has 0 radical (unpaired) electrons. The summed E-state index contributed by atoms with van der Waals surface area (Å²) in [6, 6.07) is 20.5. The Bertz CT molecular complexity index is 1140. The van der Waals surface area contributed by atoms with Gasteiger partial charge in [0.1, 0.15) is 5.82 Å². The highest BCUT2D eigenvalue weighted by Crippen LogP contribution is 2.23. The summed E-state index contributed by atoms with van der Waals surface area (Å²) in [5.41, 5.74) is 6.81. The highest BCUT2D eigenvalue weighted by atomic mass is 16.1. The van der Waals surface area contributed by atoms with Crippen LogP contribution >= 0.6 is 0 Å². The van der Waals surface area contributed by atoms with Gasteiger partial charge in [0.2, 0.25) is 6.41 Å². The summed E-state index contributed by atoms with van der Waals surface area (Å²) in [6.45, 7) is 10.9. The van der Waals surface area contributed by atoms with Crippen molar-refractivity contribution in [3.8, 4) is 11.3 Å². The van der Waals surface area contributed by atoms with Gasteiger partial charge in [-0.25, -0.2) is 9.50 Å². The first-order valence-corrected chi connectivity index (χ1v) is 9.97. The van der Waals surface area contributed by atoms with Crippen LogP contribution in [-0.4, -0.2) is 21.0 Å². The molecule has 2 aromatic heterocycles. The van der Waals surface area contributed by atoms with Gasteiger partial charge in [0, 0.05) is 17.7 Å². The molecule has 0 saturated heterocycles. The number of rotatable bonds is 3. The van der Waals surface area contributed by atoms with E-state index in [0.29, 0.717) is 17.9 Å². The topological polar surface area (TPSA) is 59.3 Å². The monoisotopic (exact) mass is 400 g/mol. The molecule has 2 heterocycles. The lowest BCUT2D eigenvalue weighted by atomic mass is 9.87. The first-order valence-electron chi connectivity index (χ1n) is 9.97. The van der Waals surface area contributed by atoms with Crippen LogP contribution < -0.4 is 5.32 Å². The highest BCUT2D eigenvalue weighted by Gasteiger charge is 2.12. The predicted molar refractivity (Wildman–Crippen MR) is 123 cm³/mol. The molecular formula is C25H28N4O. The second-order valence-electron chi connectivity index (χ2n) is 8.38. The molecule has 4 rings (SSSR count). The van der Waals surface area contributed by atoms with Crippen LogP contribution in [0.2, 0.25) is 0 Å². The highest BCUT2D eigenvalue weighted by molar-refractivity contribution is 5.74. The van der Waals surface area contributed by atoms with Crippen LogP contribution in [0.25, 0.3) is 16.9 Å². The maximum atomic E-state index is 10.6. The SMILES string of the molecule is Cc1ccc(C(C)(C)C)cc1.Cc1cccc(-c2cc(NC=O)nc3ccnn23)c1. The van der Waals surface area contributed by atoms with Crippen molar-refractivity contribution in [3.05, 3.63) is 83.6 Å². The average molecular weight is 401 g/mol. The van der Waals surface area contributed by atoms with E-state index >= 15 is 0 Å². The van der Waals surface area contributed by atoms with Crippen LogP contribution in [0.3, 0.4) is 0 Å². The fraction of sp³-hybridized carbons (Fsp3) is 0.240. The van der Waals surface area contributed by atoms with E-state index in [0.717, 1.165) is 11.3 Å². The zero-order valence-corrected chi connectivity index (χ0v) is 18.2. The van der Waals surface area contributed by atoms with Crippen LogP contribution in [0.5, 0.6) is 0 Å². The smallest absolute Gasteiger partial charge is 0.212 e. The van der Waals surface area contributed by atoms with E-state index in [1.54, 1.807) is 16.8 Å². The molecule has 1 amide bonds. The molecule has 1 N–H and O–H groups in total. The standard InChI is InChI=1S/C14H12N4O.C11H16/c1-10-3-2-4-11(7-10)12-8-13(15-9-19)17-14-5-6-16-18(12)14;1-9-5-7-10(8-6-9)11(2,3)4/h2-9H,1H3,(H,15,17,19);5-8H,1-4H3. The number of nitrogens with zero attached hydrogens (tertiary/aromatic N) is 3. The molecule has 0 unspecified atom stereocenters. The largest absolute Gasteiger partial charge is 0.313 e. The van der Waals surface area contributed by atoms with Gasteiger partial charge in [0.15, 0.2) is 5.65 Å². The quantitative estimate of drug-likeness (QED) is 0.458.